The third-order valence-corrected chi connectivity index (χ3v) is 8.04. The average molecular weight is 539 g/mol. The second-order valence-corrected chi connectivity index (χ2v) is 10.5. The summed E-state index contributed by atoms with van der Waals surface area (Å²) in [5.41, 5.74) is 2.25. The van der Waals surface area contributed by atoms with Crippen LogP contribution >= 0.6 is 11.6 Å². The van der Waals surface area contributed by atoms with Gasteiger partial charge in [0.05, 0.1) is 18.1 Å². The van der Waals surface area contributed by atoms with E-state index in [0.717, 1.165) is 56.6 Å². The predicted octanol–water partition coefficient (Wildman–Crippen LogP) is 5.47. The number of rotatable bonds is 9. The van der Waals surface area contributed by atoms with Crippen molar-refractivity contribution in [3.05, 3.63) is 71.3 Å². The van der Waals surface area contributed by atoms with Crippen LogP contribution in [0.1, 0.15) is 37.7 Å². The fraction of sp³-hybridized carbons (Fsp3) is 0.414. The first-order chi connectivity index (χ1) is 18.4. The van der Waals surface area contributed by atoms with Gasteiger partial charge >= 0.3 is 5.97 Å². The number of likely N-dealkylation sites (tertiary alicyclic amines) is 1. The Morgan fingerprint density at radius 1 is 1.03 bits per heavy atom. The van der Waals surface area contributed by atoms with E-state index in [1.807, 2.05) is 6.07 Å². The Labute approximate surface area is 227 Å². The summed E-state index contributed by atoms with van der Waals surface area (Å²) >= 11 is 6.34. The summed E-state index contributed by atoms with van der Waals surface area (Å²) < 4.78 is 19.7. The Morgan fingerprint density at radius 3 is 2.45 bits per heavy atom. The van der Waals surface area contributed by atoms with Gasteiger partial charge in [-0.1, -0.05) is 29.8 Å². The summed E-state index contributed by atoms with van der Waals surface area (Å²) in [7, 11) is 0. The first-order valence-corrected chi connectivity index (χ1v) is 13.5. The van der Waals surface area contributed by atoms with Crippen molar-refractivity contribution in [3.8, 4) is 16.9 Å². The maximum atomic E-state index is 13.6. The predicted molar refractivity (Wildman–Crippen MR) is 145 cm³/mol. The molecule has 5 rings (SSSR count). The zero-order valence-corrected chi connectivity index (χ0v) is 22.0. The van der Waals surface area contributed by atoms with E-state index in [2.05, 4.69) is 19.8 Å². The number of carboxylic acids is 1. The minimum Gasteiger partial charge on any atom is -0.492 e. The van der Waals surface area contributed by atoms with Gasteiger partial charge in [-0.3, -0.25) is 9.69 Å². The molecule has 2 aliphatic rings. The number of aliphatic carboxylic acids is 1. The minimum absolute atomic E-state index is 0.0274. The molecule has 0 spiro atoms. The summed E-state index contributed by atoms with van der Waals surface area (Å²) in [6.07, 6.45) is 8.67. The van der Waals surface area contributed by atoms with Crippen molar-refractivity contribution in [3.63, 3.8) is 0 Å². The lowest BCUT2D eigenvalue weighted by atomic mass is 9.83. The SMILES string of the molecule is O=C(O)Cc1ccc(Cl)c(OCCC2(N3CCCC3)CCN(c3ncc(-c4cccc(F)c4)cn3)CC2)c1. The molecule has 2 aromatic carbocycles. The van der Waals surface area contributed by atoms with Crippen LogP contribution in [0.15, 0.2) is 54.9 Å². The van der Waals surface area contributed by atoms with Gasteiger partial charge in [0.25, 0.3) is 0 Å². The molecular weight excluding hydrogens is 507 g/mol. The second kappa shape index (κ2) is 11.7. The molecule has 2 aliphatic heterocycles. The second-order valence-electron chi connectivity index (χ2n) is 10.1. The van der Waals surface area contributed by atoms with Crippen molar-refractivity contribution in [1.82, 2.24) is 14.9 Å². The fourth-order valence-corrected chi connectivity index (χ4v) is 5.81. The fourth-order valence-electron chi connectivity index (χ4n) is 5.63. The van der Waals surface area contributed by atoms with Gasteiger partial charge in [-0.05, 0) is 80.6 Å². The van der Waals surface area contributed by atoms with E-state index < -0.39 is 5.97 Å². The minimum atomic E-state index is -0.884. The number of ether oxygens (including phenoxy) is 1. The standard InChI is InChI=1S/C29H32ClFN4O3/c30-25-7-6-21(17-27(36)37)16-26(25)38-15-10-29(35-11-1-2-12-35)8-13-34(14-9-29)28-32-19-23(20-33-28)22-4-3-5-24(31)18-22/h3-7,16,18-20H,1-2,8-15,17H2,(H,36,37). The van der Waals surface area contributed by atoms with Crippen molar-refractivity contribution in [2.75, 3.05) is 37.7 Å². The number of hydrogen-bond donors (Lipinski definition) is 1. The monoisotopic (exact) mass is 538 g/mol. The molecule has 2 fully saturated rings. The van der Waals surface area contributed by atoms with Crippen molar-refractivity contribution in [2.24, 2.45) is 0 Å². The largest absolute Gasteiger partial charge is 0.492 e. The molecule has 200 valence electrons. The van der Waals surface area contributed by atoms with Crippen LogP contribution in [0.25, 0.3) is 11.1 Å². The topological polar surface area (TPSA) is 78.8 Å². The number of aromatic nitrogens is 2. The van der Waals surface area contributed by atoms with E-state index in [-0.39, 0.29) is 17.8 Å². The number of benzene rings is 2. The van der Waals surface area contributed by atoms with Gasteiger partial charge < -0.3 is 14.7 Å². The number of halogens is 2. The molecule has 0 amide bonds. The third-order valence-electron chi connectivity index (χ3n) is 7.73. The molecule has 3 heterocycles. The molecule has 38 heavy (non-hydrogen) atoms. The van der Waals surface area contributed by atoms with Crippen LogP contribution < -0.4 is 9.64 Å². The molecule has 3 aromatic rings. The van der Waals surface area contributed by atoms with Gasteiger partial charge in [-0.2, -0.15) is 0 Å². The summed E-state index contributed by atoms with van der Waals surface area (Å²) in [5, 5.41) is 9.59. The van der Waals surface area contributed by atoms with E-state index in [1.54, 1.807) is 36.7 Å². The molecular formula is C29H32ClFN4O3. The first-order valence-electron chi connectivity index (χ1n) is 13.1. The molecule has 0 aliphatic carbocycles. The van der Waals surface area contributed by atoms with Crippen molar-refractivity contribution >= 4 is 23.5 Å². The molecule has 0 bridgehead atoms. The Kier molecular flexibility index (Phi) is 8.09. The van der Waals surface area contributed by atoms with Gasteiger partial charge in [0.15, 0.2) is 0 Å². The van der Waals surface area contributed by atoms with Gasteiger partial charge in [-0.25, -0.2) is 14.4 Å². The maximum absolute atomic E-state index is 13.6. The van der Waals surface area contributed by atoms with Crippen LogP contribution in [-0.2, 0) is 11.2 Å². The van der Waals surface area contributed by atoms with Crippen LogP contribution in [0, 0.1) is 5.82 Å². The number of piperidine rings is 1. The summed E-state index contributed by atoms with van der Waals surface area (Å²) in [5.74, 6) is 0.0651. The summed E-state index contributed by atoms with van der Waals surface area (Å²) in [6.45, 7) is 4.36. The van der Waals surface area contributed by atoms with Gasteiger partial charge in [0, 0.05) is 36.6 Å². The highest BCUT2D eigenvalue weighted by atomic mass is 35.5. The number of hydrogen-bond acceptors (Lipinski definition) is 6. The van der Waals surface area contributed by atoms with Crippen molar-refractivity contribution < 1.29 is 19.0 Å². The number of anilines is 1. The first kappa shape index (κ1) is 26.4. The zero-order chi connectivity index (χ0) is 26.5. The van der Waals surface area contributed by atoms with Crippen LogP contribution in [-0.4, -0.2) is 64.3 Å². The number of carbonyl (C=O) groups is 1. The Balaban J connectivity index is 1.23. The number of nitrogens with zero attached hydrogens (tertiary/aromatic N) is 4. The van der Waals surface area contributed by atoms with Crippen molar-refractivity contribution in [2.45, 2.75) is 44.1 Å². The van der Waals surface area contributed by atoms with E-state index in [4.69, 9.17) is 21.4 Å². The van der Waals surface area contributed by atoms with Crippen LogP contribution in [0.3, 0.4) is 0 Å². The zero-order valence-electron chi connectivity index (χ0n) is 21.3. The normalized spacial score (nSPS) is 17.5. The summed E-state index contributed by atoms with van der Waals surface area (Å²) in [4.78, 5) is 25.1. The van der Waals surface area contributed by atoms with E-state index in [9.17, 15) is 9.18 Å². The highest BCUT2D eigenvalue weighted by Gasteiger charge is 2.41. The van der Waals surface area contributed by atoms with Gasteiger partial charge in [0.2, 0.25) is 5.95 Å². The van der Waals surface area contributed by atoms with Crippen molar-refractivity contribution in [1.29, 1.82) is 0 Å². The lowest BCUT2D eigenvalue weighted by Crippen LogP contribution is -2.55. The maximum Gasteiger partial charge on any atom is 0.307 e. The molecule has 7 nitrogen and oxygen atoms in total. The highest BCUT2D eigenvalue weighted by Crippen LogP contribution is 2.36. The Bertz CT molecular complexity index is 1260. The van der Waals surface area contributed by atoms with E-state index >= 15 is 0 Å². The van der Waals surface area contributed by atoms with Gasteiger partial charge in [0.1, 0.15) is 11.6 Å². The Hall–Kier alpha value is -3.23. The van der Waals surface area contributed by atoms with E-state index in [0.29, 0.717) is 28.9 Å². The third kappa shape index (κ3) is 6.08. The molecule has 0 atom stereocenters. The average Bonchev–Trinajstić information content (AvgIpc) is 3.47. The molecule has 1 N–H and O–H groups in total. The van der Waals surface area contributed by atoms with Crippen LogP contribution in [0.5, 0.6) is 5.75 Å². The molecule has 0 unspecified atom stereocenters. The molecule has 1 aromatic heterocycles. The van der Waals surface area contributed by atoms with Crippen LogP contribution in [0.4, 0.5) is 10.3 Å². The smallest absolute Gasteiger partial charge is 0.307 e. The molecule has 0 saturated carbocycles. The lowest BCUT2D eigenvalue weighted by molar-refractivity contribution is -0.136. The quantitative estimate of drug-likeness (QED) is 0.387. The highest BCUT2D eigenvalue weighted by molar-refractivity contribution is 6.32. The Morgan fingerprint density at radius 2 is 1.76 bits per heavy atom. The molecule has 2 saturated heterocycles. The molecule has 9 heteroatoms. The summed E-state index contributed by atoms with van der Waals surface area (Å²) in [6, 6.07) is 11.6. The van der Waals surface area contributed by atoms with Crippen LogP contribution in [0.2, 0.25) is 5.02 Å². The van der Waals surface area contributed by atoms with E-state index in [1.165, 1.54) is 25.0 Å². The van der Waals surface area contributed by atoms with Gasteiger partial charge in [-0.15, -0.1) is 0 Å². The number of carboxylic acid groups (broad SMARTS) is 1. The lowest BCUT2D eigenvalue weighted by Gasteiger charge is -2.47. The molecule has 0 radical (unpaired) electrons.